The van der Waals surface area contributed by atoms with Gasteiger partial charge in [-0.2, -0.15) is 5.26 Å². The van der Waals surface area contributed by atoms with Crippen LogP contribution < -0.4 is 10.1 Å². The van der Waals surface area contributed by atoms with Gasteiger partial charge in [-0.05, 0) is 24.6 Å². The number of benzene rings is 1. The fourth-order valence-electron chi connectivity index (χ4n) is 1.18. The van der Waals surface area contributed by atoms with Gasteiger partial charge in [0.2, 0.25) is 5.91 Å². The first-order chi connectivity index (χ1) is 8.17. The van der Waals surface area contributed by atoms with Crippen molar-refractivity contribution in [1.29, 1.82) is 5.26 Å². The number of nitrogens with zero attached hydrogens (tertiary/aromatic N) is 1. The zero-order valence-corrected chi connectivity index (χ0v) is 10.3. The van der Waals surface area contributed by atoms with E-state index in [-0.39, 0.29) is 12.3 Å². The summed E-state index contributed by atoms with van der Waals surface area (Å²) in [5.41, 5.74) is 0.555. The van der Waals surface area contributed by atoms with Crippen LogP contribution in [-0.4, -0.2) is 12.5 Å². The highest BCUT2D eigenvalue weighted by Gasteiger charge is 2.05. The maximum Gasteiger partial charge on any atom is 0.238 e. The molecular formula is C12H13ClN2O2. The third-order valence-corrected chi connectivity index (χ3v) is 2.21. The van der Waals surface area contributed by atoms with E-state index in [0.29, 0.717) is 23.1 Å². The maximum absolute atomic E-state index is 11.2. The third kappa shape index (κ3) is 4.33. The Kier molecular flexibility index (Phi) is 5.31. The van der Waals surface area contributed by atoms with Gasteiger partial charge < -0.3 is 10.1 Å². The Balaban J connectivity index is 2.68. The van der Waals surface area contributed by atoms with Gasteiger partial charge >= 0.3 is 0 Å². The molecule has 1 amide bonds. The fraction of sp³-hybridized carbons (Fsp3) is 0.333. The SMILES string of the molecule is CCCOc1ccc(NC(=O)CC#N)cc1Cl. The van der Waals surface area contributed by atoms with E-state index in [2.05, 4.69) is 5.32 Å². The average Bonchev–Trinajstić information content (AvgIpc) is 2.28. The number of hydrogen-bond acceptors (Lipinski definition) is 3. The minimum absolute atomic E-state index is 0.175. The maximum atomic E-state index is 11.2. The van der Waals surface area contributed by atoms with E-state index in [1.807, 2.05) is 6.92 Å². The van der Waals surface area contributed by atoms with E-state index >= 15 is 0 Å². The molecule has 0 radical (unpaired) electrons. The molecule has 4 nitrogen and oxygen atoms in total. The normalized spacial score (nSPS) is 9.47. The van der Waals surface area contributed by atoms with Crippen molar-refractivity contribution >= 4 is 23.2 Å². The first-order valence-electron chi connectivity index (χ1n) is 5.26. The number of nitrogens with one attached hydrogen (secondary N) is 1. The van der Waals surface area contributed by atoms with E-state index in [9.17, 15) is 4.79 Å². The van der Waals surface area contributed by atoms with Crippen LogP contribution in [0.15, 0.2) is 18.2 Å². The van der Waals surface area contributed by atoms with E-state index in [4.69, 9.17) is 21.6 Å². The number of nitriles is 1. The molecule has 0 heterocycles. The van der Waals surface area contributed by atoms with Crippen LogP contribution in [0.5, 0.6) is 5.75 Å². The second kappa shape index (κ2) is 6.77. The molecule has 0 aliphatic heterocycles. The Hall–Kier alpha value is -1.73. The minimum Gasteiger partial charge on any atom is -0.492 e. The molecule has 1 aromatic rings. The Labute approximate surface area is 105 Å². The Morgan fingerprint density at radius 3 is 2.94 bits per heavy atom. The number of amides is 1. The number of hydrogen-bond donors (Lipinski definition) is 1. The lowest BCUT2D eigenvalue weighted by atomic mass is 10.3. The van der Waals surface area contributed by atoms with Crippen molar-refractivity contribution in [2.24, 2.45) is 0 Å². The number of carbonyl (C=O) groups excluding carboxylic acids is 1. The van der Waals surface area contributed by atoms with Crippen LogP contribution in [0.25, 0.3) is 0 Å². The van der Waals surface area contributed by atoms with Crippen LogP contribution in [0.4, 0.5) is 5.69 Å². The second-order valence-electron chi connectivity index (χ2n) is 3.38. The second-order valence-corrected chi connectivity index (χ2v) is 3.78. The molecule has 5 heteroatoms. The number of anilines is 1. The first-order valence-corrected chi connectivity index (χ1v) is 5.64. The summed E-state index contributed by atoms with van der Waals surface area (Å²) in [5.74, 6) is 0.234. The summed E-state index contributed by atoms with van der Waals surface area (Å²) in [6.45, 7) is 2.60. The molecule has 1 rings (SSSR count). The lowest BCUT2D eigenvalue weighted by molar-refractivity contribution is -0.115. The number of carbonyl (C=O) groups is 1. The van der Waals surface area contributed by atoms with Crippen molar-refractivity contribution in [2.45, 2.75) is 19.8 Å². The Morgan fingerprint density at radius 2 is 2.35 bits per heavy atom. The largest absolute Gasteiger partial charge is 0.492 e. The molecule has 0 bridgehead atoms. The number of rotatable bonds is 5. The first kappa shape index (κ1) is 13.3. The summed E-state index contributed by atoms with van der Waals surface area (Å²) in [6.07, 6.45) is 0.725. The highest BCUT2D eigenvalue weighted by Crippen LogP contribution is 2.27. The molecule has 0 aliphatic rings. The van der Waals surface area contributed by atoms with Gasteiger partial charge in [0, 0.05) is 5.69 Å². The monoisotopic (exact) mass is 252 g/mol. The van der Waals surface area contributed by atoms with Gasteiger partial charge in [-0.1, -0.05) is 18.5 Å². The van der Waals surface area contributed by atoms with Crippen LogP contribution in [-0.2, 0) is 4.79 Å². The third-order valence-electron chi connectivity index (χ3n) is 1.92. The highest BCUT2D eigenvalue weighted by atomic mass is 35.5. The van der Waals surface area contributed by atoms with E-state index in [0.717, 1.165) is 6.42 Å². The van der Waals surface area contributed by atoms with Crippen LogP contribution in [0.3, 0.4) is 0 Å². The standard InChI is InChI=1S/C12H13ClN2O2/c1-2-7-17-11-4-3-9(8-10(11)13)15-12(16)5-6-14/h3-4,8H,2,5,7H2,1H3,(H,15,16). The molecule has 17 heavy (non-hydrogen) atoms. The van der Waals surface area contributed by atoms with E-state index in [1.54, 1.807) is 24.3 Å². The molecule has 0 saturated heterocycles. The Morgan fingerprint density at radius 1 is 1.59 bits per heavy atom. The van der Waals surface area contributed by atoms with Crippen molar-refractivity contribution in [3.63, 3.8) is 0 Å². The van der Waals surface area contributed by atoms with Gasteiger partial charge in [-0.3, -0.25) is 4.79 Å². The van der Waals surface area contributed by atoms with E-state index < -0.39 is 0 Å². The lowest BCUT2D eigenvalue weighted by Gasteiger charge is -2.09. The predicted molar refractivity (Wildman–Crippen MR) is 66.1 cm³/mol. The molecular weight excluding hydrogens is 240 g/mol. The van der Waals surface area contributed by atoms with Crippen LogP contribution in [0.2, 0.25) is 5.02 Å². The number of ether oxygens (including phenoxy) is 1. The van der Waals surface area contributed by atoms with Crippen molar-refractivity contribution in [2.75, 3.05) is 11.9 Å². The fourth-order valence-corrected chi connectivity index (χ4v) is 1.42. The molecule has 90 valence electrons. The zero-order chi connectivity index (χ0) is 12.7. The van der Waals surface area contributed by atoms with Gasteiger partial charge in [0.15, 0.2) is 0 Å². The zero-order valence-electron chi connectivity index (χ0n) is 9.50. The summed E-state index contributed by atoms with van der Waals surface area (Å²) < 4.78 is 5.40. The summed E-state index contributed by atoms with van der Waals surface area (Å²) in [5, 5.41) is 11.4. The van der Waals surface area contributed by atoms with Gasteiger partial charge in [0.1, 0.15) is 12.2 Å². The van der Waals surface area contributed by atoms with Crippen LogP contribution >= 0.6 is 11.6 Å². The predicted octanol–water partition coefficient (Wildman–Crippen LogP) is 2.98. The summed E-state index contributed by atoms with van der Waals surface area (Å²) in [7, 11) is 0. The molecule has 0 fully saturated rings. The summed E-state index contributed by atoms with van der Waals surface area (Å²) in [4.78, 5) is 11.2. The summed E-state index contributed by atoms with van der Waals surface area (Å²) >= 11 is 5.98. The molecule has 1 N–H and O–H groups in total. The van der Waals surface area contributed by atoms with Crippen LogP contribution in [0.1, 0.15) is 19.8 Å². The van der Waals surface area contributed by atoms with E-state index in [1.165, 1.54) is 0 Å². The van der Waals surface area contributed by atoms with Crippen LogP contribution in [0, 0.1) is 11.3 Å². The molecule has 0 spiro atoms. The lowest BCUT2D eigenvalue weighted by Crippen LogP contribution is -2.10. The molecule has 0 aromatic heterocycles. The molecule has 0 unspecified atom stereocenters. The average molecular weight is 253 g/mol. The van der Waals surface area contributed by atoms with Gasteiger partial charge in [0.25, 0.3) is 0 Å². The molecule has 0 atom stereocenters. The van der Waals surface area contributed by atoms with Crippen molar-refractivity contribution in [3.8, 4) is 11.8 Å². The topological polar surface area (TPSA) is 62.1 Å². The van der Waals surface area contributed by atoms with Crippen molar-refractivity contribution < 1.29 is 9.53 Å². The molecule has 0 aliphatic carbocycles. The highest BCUT2D eigenvalue weighted by molar-refractivity contribution is 6.32. The quantitative estimate of drug-likeness (QED) is 0.876. The van der Waals surface area contributed by atoms with Gasteiger partial charge in [-0.25, -0.2) is 0 Å². The molecule has 0 saturated carbocycles. The smallest absolute Gasteiger partial charge is 0.238 e. The van der Waals surface area contributed by atoms with Crippen molar-refractivity contribution in [3.05, 3.63) is 23.2 Å². The van der Waals surface area contributed by atoms with Gasteiger partial charge in [0.05, 0.1) is 17.7 Å². The Bertz CT molecular complexity index is 441. The van der Waals surface area contributed by atoms with Gasteiger partial charge in [-0.15, -0.1) is 0 Å². The van der Waals surface area contributed by atoms with Crippen molar-refractivity contribution in [1.82, 2.24) is 0 Å². The number of halogens is 1. The molecule has 1 aromatic carbocycles. The minimum atomic E-state index is -0.356. The summed E-state index contributed by atoms with van der Waals surface area (Å²) in [6, 6.07) is 6.75.